The van der Waals surface area contributed by atoms with Crippen LogP contribution in [0.4, 0.5) is 5.82 Å². The Morgan fingerprint density at radius 2 is 1.73 bits per heavy atom. The molecule has 0 saturated carbocycles. The quantitative estimate of drug-likeness (QED) is 0.747. The van der Waals surface area contributed by atoms with Crippen LogP contribution in [0.5, 0.6) is 0 Å². The number of hydrogen-bond donors (Lipinski definition) is 1. The monoisotopic (exact) mass is 431 g/mol. The van der Waals surface area contributed by atoms with Crippen molar-refractivity contribution in [3.8, 4) is 0 Å². The molecule has 0 unspecified atom stereocenters. The Hall–Kier alpha value is -2.52. The fourth-order valence-corrected chi connectivity index (χ4v) is 3.95. The van der Waals surface area contributed by atoms with Gasteiger partial charge in [0.2, 0.25) is 15.9 Å². The molecule has 2 N–H and O–H groups in total. The van der Waals surface area contributed by atoms with Crippen molar-refractivity contribution >= 4 is 21.7 Å². The summed E-state index contributed by atoms with van der Waals surface area (Å²) in [5.41, 5.74) is 1.86. The van der Waals surface area contributed by atoms with E-state index in [0.717, 1.165) is 36.0 Å². The molecule has 0 spiro atoms. The van der Waals surface area contributed by atoms with E-state index >= 15 is 0 Å². The third-order valence-corrected chi connectivity index (χ3v) is 6.14. The Balaban J connectivity index is 1.53. The molecule has 2 heterocycles. The molecule has 30 heavy (non-hydrogen) atoms. The topological polar surface area (TPSA) is 109 Å². The lowest BCUT2D eigenvalue weighted by atomic mass is 10.1. The van der Waals surface area contributed by atoms with Crippen molar-refractivity contribution in [1.29, 1.82) is 0 Å². The zero-order chi connectivity index (χ0) is 21.9. The van der Waals surface area contributed by atoms with E-state index in [4.69, 9.17) is 5.14 Å². The van der Waals surface area contributed by atoms with Crippen LogP contribution in [0.15, 0.2) is 35.2 Å². The van der Waals surface area contributed by atoms with E-state index < -0.39 is 10.0 Å². The molecule has 0 radical (unpaired) electrons. The lowest BCUT2D eigenvalue weighted by Gasteiger charge is -2.35. The standard InChI is InChI=1S/C21H29N5O3S/c1-15(2)21-23-16(3)14-19(24-21)25-10-12-26(13-11-25)20(27)9-6-17-4-7-18(8-5-17)30(22,28)29/h4-5,7-8,14-15H,6,9-13H2,1-3H3,(H2,22,28,29). The fraction of sp³-hybridized carbons (Fsp3) is 0.476. The molecule has 1 aliphatic rings. The van der Waals surface area contributed by atoms with Gasteiger partial charge < -0.3 is 9.80 Å². The number of hydrogen-bond acceptors (Lipinski definition) is 6. The number of nitrogens with zero attached hydrogens (tertiary/aromatic N) is 4. The van der Waals surface area contributed by atoms with Gasteiger partial charge >= 0.3 is 0 Å². The Kier molecular flexibility index (Phi) is 6.72. The van der Waals surface area contributed by atoms with Crippen LogP contribution in [-0.4, -0.2) is 55.4 Å². The van der Waals surface area contributed by atoms with Gasteiger partial charge in [-0.1, -0.05) is 26.0 Å². The Labute approximate surface area is 178 Å². The first-order valence-electron chi connectivity index (χ1n) is 10.1. The molecule has 8 nitrogen and oxygen atoms in total. The number of nitrogens with two attached hydrogens (primary N) is 1. The van der Waals surface area contributed by atoms with E-state index in [9.17, 15) is 13.2 Å². The minimum atomic E-state index is -3.70. The van der Waals surface area contributed by atoms with E-state index in [2.05, 4.69) is 28.7 Å². The van der Waals surface area contributed by atoms with Crippen LogP contribution in [-0.2, 0) is 21.2 Å². The second-order valence-corrected chi connectivity index (χ2v) is 9.50. The van der Waals surface area contributed by atoms with Crippen molar-refractivity contribution in [3.63, 3.8) is 0 Å². The molecule has 0 aliphatic carbocycles. The van der Waals surface area contributed by atoms with Crippen molar-refractivity contribution in [1.82, 2.24) is 14.9 Å². The zero-order valence-electron chi connectivity index (χ0n) is 17.7. The summed E-state index contributed by atoms with van der Waals surface area (Å²) in [6.07, 6.45) is 0.950. The van der Waals surface area contributed by atoms with Crippen molar-refractivity contribution < 1.29 is 13.2 Å². The third-order valence-electron chi connectivity index (χ3n) is 5.21. The van der Waals surface area contributed by atoms with E-state index in [1.807, 2.05) is 17.9 Å². The predicted molar refractivity (Wildman–Crippen MR) is 116 cm³/mol. The number of carbonyl (C=O) groups excluding carboxylic acids is 1. The lowest BCUT2D eigenvalue weighted by Crippen LogP contribution is -2.49. The minimum absolute atomic E-state index is 0.0780. The van der Waals surface area contributed by atoms with Crippen molar-refractivity contribution in [2.45, 2.75) is 44.4 Å². The van der Waals surface area contributed by atoms with E-state index in [1.165, 1.54) is 12.1 Å². The van der Waals surface area contributed by atoms with Crippen LogP contribution in [0.1, 0.15) is 43.3 Å². The van der Waals surface area contributed by atoms with Gasteiger partial charge in [-0.3, -0.25) is 4.79 Å². The Bertz CT molecular complexity index is 998. The van der Waals surface area contributed by atoms with Crippen LogP contribution in [0.3, 0.4) is 0 Å². The van der Waals surface area contributed by atoms with Gasteiger partial charge in [0, 0.05) is 50.3 Å². The highest BCUT2D eigenvalue weighted by molar-refractivity contribution is 7.89. The summed E-state index contributed by atoms with van der Waals surface area (Å²) in [7, 11) is -3.70. The largest absolute Gasteiger partial charge is 0.353 e. The van der Waals surface area contributed by atoms with Gasteiger partial charge in [0.1, 0.15) is 11.6 Å². The summed E-state index contributed by atoms with van der Waals surface area (Å²) in [6, 6.07) is 8.35. The molecule has 3 rings (SSSR count). The number of benzene rings is 1. The maximum atomic E-state index is 12.6. The number of primary sulfonamides is 1. The molecule has 9 heteroatoms. The molecule has 1 aliphatic heterocycles. The molecule has 2 aromatic rings. The average molecular weight is 432 g/mol. The summed E-state index contributed by atoms with van der Waals surface area (Å²) >= 11 is 0. The second-order valence-electron chi connectivity index (χ2n) is 7.94. The van der Waals surface area contributed by atoms with Crippen LogP contribution in [0, 0.1) is 6.92 Å². The summed E-state index contributed by atoms with van der Waals surface area (Å²) in [6.45, 7) is 8.93. The van der Waals surface area contributed by atoms with Crippen LogP contribution < -0.4 is 10.0 Å². The number of aryl methyl sites for hydroxylation is 2. The van der Waals surface area contributed by atoms with Crippen LogP contribution in [0.25, 0.3) is 0 Å². The summed E-state index contributed by atoms with van der Waals surface area (Å²) < 4.78 is 22.6. The molecule has 1 aromatic carbocycles. The highest BCUT2D eigenvalue weighted by Crippen LogP contribution is 2.19. The van der Waals surface area contributed by atoms with Crippen LogP contribution >= 0.6 is 0 Å². The number of rotatable bonds is 6. The number of anilines is 1. The van der Waals surface area contributed by atoms with Gasteiger partial charge in [0.15, 0.2) is 0 Å². The smallest absolute Gasteiger partial charge is 0.238 e. The van der Waals surface area contributed by atoms with Gasteiger partial charge in [0.05, 0.1) is 4.90 Å². The summed E-state index contributed by atoms with van der Waals surface area (Å²) in [5, 5.41) is 5.11. The number of sulfonamides is 1. The van der Waals surface area contributed by atoms with Gasteiger partial charge in [-0.05, 0) is 31.0 Å². The molecule has 1 amide bonds. The third kappa shape index (κ3) is 5.54. The first kappa shape index (κ1) is 22.2. The van der Waals surface area contributed by atoms with Crippen molar-refractivity contribution in [2.75, 3.05) is 31.1 Å². The fourth-order valence-electron chi connectivity index (χ4n) is 3.43. The van der Waals surface area contributed by atoms with E-state index in [0.29, 0.717) is 25.9 Å². The van der Waals surface area contributed by atoms with Gasteiger partial charge in [-0.2, -0.15) is 0 Å². The average Bonchev–Trinajstić information content (AvgIpc) is 2.71. The Morgan fingerprint density at radius 3 is 2.30 bits per heavy atom. The second kappa shape index (κ2) is 9.09. The van der Waals surface area contributed by atoms with Gasteiger partial charge in [0.25, 0.3) is 0 Å². The number of piperazine rings is 1. The zero-order valence-corrected chi connectivity index (χ0v) is 18.5. The molecule has 0 bridgehead atoms. The first-order valence-corrected chi connectivity index (χ1v) is 11.7. The number of aromatic nitrogens is 2. The highest BCUT2D eigenvalue weighted by atomic mass is 32.2. The number of carbonyl (C=O) groups is 1. The maximum absolute atomic E-state index is 12.6. The molecule has 1 saturated heterocycles. The van der Waals surface area contributed by atoms with E-state index in [1.54, 1.807) is 12.1 Å². The van der Waals surface area contributed by atoms with Gasteiger partial charge in [-0.25, -0.2) is 23.5 Å². The molecule has 162 valence electrons. The van der Waals surface area contributed by atoms with Crippen LogP contribution in [0.2, 0.25) is 0 Å². The minimum Gasteiger partial charge on any atom is -0.353 e. The summed E-state index contributed by atoms with van der Waals surface area (Å²) in [5.74, 6) is 2.14. The molecular weight excluding hydrogens is 402 g/mol. The van der Waals surface area contributed by atoms with Gasteiger partial charge in [-0.15, -0.1) is 0 Å². The summed E-state index contributed by atoms with van der Waals surface area (Å²) in [4.78, 5) is 26.0. The Morgan fingerprint density at radius 1 is 1.10 bits per heavy atom. The highest BCUT2D eigenvalue weighted by Gasteiger charge is 2.22. The number of amides is 1. The molecule has 1 fully saturated rings. The molecular formula is C21H29N5O3S. The lowest BCUT2D eigenvalue weighted by molar-refractivity contribution is -0.131. The molecule has 0 atom stereocenters. The predicted octanol–water partition coefficient (Wildman–Crippen LogP) is 1.84. The first-order chi connectivity index (χ1) is 14.1. The SMILES string of the molecule is Cc1cc(N2CCN(C(=O)CCc3ccc(S(N)(=O)=O)cc3)CC2)nc(C(C)C)n1. The van der Waals surface area contributed by atoms with Crippen molar-refractivity contribution in [3.05, 3.63) is 47.4 Å². The van der Waals surface area contributed by atoms with E-state index in [-0.39, 0.29) is 16.7 Å². The maximum Gasteiger partial charge on any atom is 0.238 e. The normalized spacial score (nSPS) is 15.0. The van der Waals surface area contributed by atoms with Crippen molar-refractivity contribution in [2.24, 2.45) is 5.14 Å². The molecule has 1 aromatic heterocycles.